The lowest BCUT2D eigenvalue weighted by Gasteiger charge is -2.18. The molecule has 0 amide bonds. The van der Waals surface area contributed by atoms with Crippen LogP contribution in [0.25, 0.3) is 10.9 Å². The molecule has 3 N–H and O–H groups in total. The molecule has 1 aliphatic rings. The summed E-state index contributed by atoms with van der Waals surface area (Å²) in [5.74, 6) is 1.73. The monoisotopic (exact) mass is 309 g/mol. The number of nitrogens with one attached hydrogen (secondary N) is 1. The summed E-state index contributed by atoms with van der Waals surface area (Å²) in [6, 6.07) is 14.7. The van der Waals surface area contributed by atoms with E-state index in [-0.39, 0.29) is 0 Å². The Morgan fingerprint density at radius 1 is 1.00 bits per heavy atom. The highest BCUT2D eigenvalue weighted by Crippen LogP contribution is 2.30. The minimum Gasteiger partial charge on any atom is -0.486 e. The number of H-pyrrole nitrogens is 1. The Kier molecular flexibility index (Phi) is 3.90. The van der Waals surface area contributed by atoms with Gasteiger partial charge in [0.05, 0.1) is 6.54 Å². The van der Waals surface area contributed by atoms with Crippen molar-refractivity contribution < 1.29 is 14.8 Å². The van der Waals surface area contributed by atoms with Crippen LogP contribution < -0.4 is 14.8 Å². The van der Waals surface area contributed by atoms with Crippen LogP contribution in [0.5, 0.6) is 11.5 Å². The van der Waals surface area contributed by atoms with E-state index >= 15 is 0 Å². The van der Waals surface area contributed by atoms with Crippen molar-refractivity contribution in [2.75, 3.05) is 19.8 Å². The van der Waals surface area contributed by atoms with Gasteiger partial charge in [0.1, 0.15) is 19.8 Å². The standard InChI is InChI=1S/C19H20N2O2/c1-2-4-17-16(3-1)15(13-21-17)7-8-20-12-14-5-6-18-19(11-14)23-10-9-22-18/h1-6,11,13,20-21H,7-10,12H2/p+1. The highest BCUT2D eigenvalue weighted by molar-refractivity contribution is 5.82. The van der Waals surface area contributed by atoms with Crippen LogP contribution >= 0.6 is 0 Å². The molecule has 0 fully saturated rings. The first-order valence-electron chi connectivity index (χ1n) is 8.15. The zero-order valence-corrected chi connectivity index (χ0v) is 13.0. The van der Waals surface area contributed by atoms with Crippen LogP contribution in [0, 0.1) is 0 Å². The topological polar surface area (TPSA) is 50.9 Å². The minimum atomic E-state index is 0.640. The van der Waals surface area contributed by atoms with Crippen molar-refractivity contribution in [1.82, 2.24) is 4.98 Å². The van der Waals surface area contributed by atoms with Gasteiger partial charge in [-0.2, -0.15) is 0 Å². The van der Waals surface area contributed by atoms with Gasteiger partial charge in [0.2, 0.25) is 0 Å². The number of hydrogen-bond acceptors (Lipinski definition) is 2. The maximum atomic E-state index is 5.63. The first kappa shape index (κ1) is 14.2. The summed E-state index contributed by atoms with van der Waals surface area (Å²) in [5, 5.41) is 3.67. The molecule has 4 rings (SSSR count). The van der Waals surface area contributed by atoms with Crippen LogP contribution in [-0.2, 0) is 13.0 Å². The second-order valence-electron chi connectivity index (χ2n) is 5.87. The average Bonchev–Trinajstić information content (AvgIpc) is 3.02. The number of para-hydroxylation sites is 1. The first-order chi connectivity index (χ1) is 11.4. The van der Waals surface area contributed by atoms with Crippen LogP contribution in [0.4, 0.5) is 0 Å². The molecule has 0 unspecified atom stereocenters. The summed E-state index contributed by atoms with van der Waals surface area (Å²) >= 11 is 0. The molecule has 1 aliphatic heterocycles. The number of ether oxygens (including phenoxy) is 2. The van der Waals surface area contributed by atoms with Crippen LogP contribution in [0.2, 0.25) is 0 Å². The van der Waals surface area contributed by atoms with Crippen molar-refractivity contribution in [3.05, 3.63) is 59.8 Å². The predicted molar refractivity (Wildman–Crippen MR) is 89.9 cm³/mol. The van der Waals surface area contributed by atoms with Gasteiger partial charge in [-0.05, 0) is 29.8 Å². The van der Waals surface area contributed by atoms with Gasteiger partial charge in [-0.15, -0.1) is 0 Å². The fourth-order valence-electron chi connectivity index (χ4n) is 3.08. The van der Waals surface area contributed by atoms with E-state index < -0.39 is 0 Å². The van der Waals surface area contributed by atoms with Crippen molar-refractivity contribution in [3.63, 3.8) is 0 Å². The molecule has 0 saturated carbocycles. The molecule has 2 aromatic carbocycles. The predicted octanol–water partition coefficient (Wildman–Crippen LogP) is 2.25. The van der Waals surface area contributed by atoms with Gasteiger partial charge in [0, 0.05) is 29.1 Å². The van der Waals surface area contributed by atoms with Gasteiger partial charge < -0.3 is 19.8 Å². The molecule has 0 atom stereocenters. The number of hydrogen-bond donors (Lipinski definition) is 2. The van der Waals surface area contributed by atoms with E-state index in [1.807, 2.05) is 6.07 Å². The van der Waals surface area contributed by atoms with Crippen molar-refractivity contribution >= 4 is 10.9 Å². The van der Waals surface area contributed by atoms with Gasteiger partial charge in [0.15, 0.2) is 11.5 Å². The number of quaternary nitrogens is 1. The molecule has 0 saturated heterocycles. The summed E-state index contributed by atoms with van der Waals surface area (Å²) < 4.78 is 11.2. The Morgan fingerprint density at radius 2 is 1.87 bits per heavy atom. The number of aromatic nitrogens is 1. The zero-order chi connectivity index (χ0) is 15.5. The van der Waals surface area contributed by atoms with Gasteiger partial charge in [-0.1, -0.05) is 18.2 Å². The summed E-state index contributed by atoms with van der Waals surface area (Å²) in [5.41, 5.74) is 3.88. The fourth-order valence-corrected chi connectivity index (χ4v) is 3.08. The maximum absolute atomic E-state index is 5.63. The van der Waals surface area contributed by atoms with Gasteiger partial charge in [0.25, 0.3) is 0 Å². The molecule has 118 valence electrons. The molecule has 4 heteroatoms. The summed E-state index contributed by atoms with van der Waals surface area (Å²) in [6.45, 7) is 3.30. The summed E-state index contributed by atoms with van der Waals surface area (Å²) in [7, 11) is 0. The minimum absolute atomic E-state index is 0.640. The number of fused-ring (bicyclic) bond motifs is 2. The lowest BCUT2D eigenvalue weighted by molar-refractivity contribution is -0.670. The lowest BCUT2D eigenvalue weighted by Crippen LogP contribution is -2.83. The number of aromatic amines is 1. The SMILES string of the molecule is c1ccc2c(CC[NH2+]Cc3ccc4c(c3)OCCO4)c[nH]c2c1. The lowest BCUT2D eigenvalue weighted by atomic mass is 10.1. The van der Waals surface area contributed by atoms with E-state index in [1.54, 1.807) is 0 Å². The quantitative estimate of drug-likeness (QED) is 0.710. The van der Waals surface area contributed by atoms with Crippen LogP contribution in [-0.4, -0.2) is 24.7 Å². The largest absolute Gasteiger partial charge is 0.486 e. The van der Waals surface area contributed by atoms with Gasteiger partial charge in [-0.3, -0.25) is 0 Å². The van der Waals surface area contributed by atoms with Crippen LogP contribution in [0.3, 0.4) is 0 Å². The van der Waals surface area contributed by atoms with Gasteiger partial charge >= 0.3 is 0 Å². The van der Waals surface area contributed by atoms with Crippen molar-refractivity contribution in [3.8, 4) is 11.5 Å². The van der Waals surface area contributed by atoms with E-state index in [4.69, 9.17) is 9.47 Å². The molecule has 1 aromatic heterocycles. The third-order valence-corrected chi connectivity index (χ3v) is 4.28. The van der Waals surface area contributed by atoms with Crippen molar-refractivity contribution in [2.24, 2.45) is 0 Å². The molecule has 0 bridgehead atoms. The zero-order valence-electron chi connectivity index (χ0n) is 13.0. The Bertz CT molecular complexity index is 810. The third-order valence-electron chi connectivity index (χ3n) is 4.28. The van der Waals surface area contributed by atoms with E-state index in [1.165, 1.54) is 22.0 Å². The van der Waals surface area contributed by atoms with E-state index in [9.17, 15) is 0 Å². The molecular weight excluding hydrogens is 288 g/mol. The second-order valence-corrected chi connectivity index (χ2v) is 5.87. The van der Waals surface area contributed by atoms with E-state index in [0.29, 0.717) is 13.2 Å². The molecule has 23 heavy (non-hydrogen) atoms. The number of nitrogens with two attached hydrogens (primary N) is 1. The molecule has 2 heterocycles. The maximum Gasteiger partial charge on any atom is 0.161 e. The summed E-state index contributed by atoms with van der Waals surface area (Å²) in [6.07, 6.45) is 3.19. The number of benzene rings is 2. The Labute approximate surface area is 135 Å². The van der Waals surface area contributed by atoms with Gasteiger partial charge in [-0.25, -0.2) is 0 Å². The van der Waals surface area contributed by atoms with Crippen LogP contribution in [0.15, 0.2) is 48.7 Å². The highest BCUT2D eigenvalue weighted by atomic mass is 16.6. The smallest absolute Gasteiger partial charge is 0.161 e. The first-order valence-corrected chi connectivity index (χ1v) is 8.15. The third kappa shape index (κ3) is 3.03. The molecular formula is C19H21N2O2+. The molecule has 4 nitrogen and oxygen atoms in total. The highest BCUT2D eigenvalue weighted by Gasteiger charge is 2.12. The van der Waals surface area contributed by atoms with Crippen LogP contribution in [0.1, 0.15) is 11.1 Å². The van der Waals surface area contributed by atoms with Crippen molar-refractivity contribution in [1.29, 1.82) is 0 Å². The Hall–Kier alpha value is -2.46. The molecule has 3 aromatic rings. The Balaban J connectivity index is 1.33. The van der Waals surface area contributed by atoms with E-state index in [2.05, 4.69) is 52.9 Å². The normalized spacial score (nSPS) is 13.4. The Morgan fingerprint density at radius 3 is 2.83 bits per heavy atom. The fraction of sp³-hybridized carbons (Fsp3) is 0.263. The molecule has 0 aliphatic carbocycles. The average molecular weight is 309 g/mol. The summed E-state index contributed by atoms with van der Waals surface area (Å²) in [4.78, 5) is 3.34. The molecule has 0 spiro atoms. The second kappa shape index (κ2) is 6.34. The van der Waals surface area contributed by atoms with Crippen molar-refractivity contribution in [2.45, 2.75) is 13.0 Å². The molecule has 0 radical (unpaired) electrons. The van der Waals surface area contributed by atoms with E-state index in [0.717, 1.165) is 31.0 Å². The number of rotatable bonds is 5.